The fourth-order valence-electron chi connectivity index (χ4n) is 7.86. The summed E-state index contributed by atoms with van der Waals surface area (Å²) in [7, 11) is 0. The number of hydrogen-bond acceptors (Lipinski definition) is 6. The lowest BCUT2D eigenvalue weighted by molar-refractivity contribution is -0.123. The Morgan fingerprint density at radius 3 is 2.31 bits per heavy atom. The van der Waals surface area contributed by atoms with E-state index in [9.17, 15) is 14.4 Å². The monoisotopic (exact) mass is 658 g/mol. The number of H-pyrrole nitrogens is 1. The Morgan fingerprint density at radius 1 is 0.905 bits per heavy atom. The molecular weight excluding hydrogens is 632 g/mol. The van der Waals surface area contributed by atoms with E-state index < -0.39 is 0 Å². The van der Waals surface area contributed by atoms with Gasteiger partial charge in [-0.25, -0.2) is 0 Å². The van der Waals surface area contributed by atoms with Gasteiger partial charge in [-0.3, -0.25) is 19.3 Å². The predicted molar refractivity (Wildman–Crippen MR) is 167 cm³/mol. The van der Waals surface area contributed by atoms with Crippen LogP contribution in [0.2, 0.25) is 0 Å². The number of imide groups is 1. The van der Waals surface area contributed by atoms with E-state index in [1.165, 1.54) is 21.8 Å². The Bertz CT molecular complexity index is 1770. The number of carbonyl (C=O) groups is 2. The summed E-state index contributed by atoms with van der Waals surface area (Å²) in [4.78, 5) is 45.7. The fraction of sp³-hybridized carbons (Fsp3) is 0.303. The maximum Gasteiger partial charge on any atom is 0.305 e. The Labute approximate surface area is 259 Å². The third-order valence-electron chi connectivity index (χ3n) is 9.57. The second-order valence-corrected chi connectivity index (χ2v) is 14.9. The molecule has 9 heteroatoms. The van der Waals surface area contributed by atoms with Gasteiger partial charge in [-0.05, 0) is 78.6 Å². The van der Waals surface area contributed by atoms with Crippen LogP contribution in [0.15, 0.2) is 87.1 Å². The molecule has 1 aromatic heterocycles. The van der Waals surface area contributed by atoms with Crippen LogP contribution in [0.4, 0.5) is 5.69 Å². The molecule has 2 bridgehead atoms. The first-order valence-electron chi connectivity index (χ1n) is 14.2. The van der Waals surface area contributed by atoms with Crippen LogP contribution in [-0.4, -0.2) is 22.0 Å². The number of halogens is 1. The SMILES string of the molecule is Cc1ccc(COc2ccc(C3c4sc(=O)[nH]c4SC4C3[C@H]3C[C@@H]4C4C(=O)N(c5ccc(Br)cc5)C(=O)C43)cc2)cc1. The quantitative estimate of drug-likeness (QED) is 0.240. The Kier molecular flexibility index (Phi) is 6.28. The number of amides is 2. The second-order valence-electron chi connectivity index (χ2n) is 11.8. The van der Waals surface area contributed by atoms with Gasteiger partial charge in [-0.2, -0.15) is 0 Å². The molecule has 5 unspecified atom stereocenters. The summed E-state index contributed by atoms with van der Waals surface area (Å²) in [6.07, 6.45) is 0.872. The van der Waals surface area contributed by atoms with Crippen molar-refractivity contribution in [2.24, 2.45) is 29.6 Å². The van der Waals surface area contributed by atoms with Crippen molar-refractivity contribution in [1.29, 1.82) is 0 Å². The molecule has 4 aromatic rings. The number of nitrogens with one attached hydrogen (secondary N) is 1. The number of nitrogens with zero attached hydrogens (tertiary/aromatic N) is 1. The van der Waals surface area contributed by atoms with Gasteiger partial charge in [0.1, 0.15) is 12.4 Å². The van der Waals surface area contributed by atoms with Crippen molar-refractivity contribution in [2.45, 2.75) is 36.1 Å². The molecule has 6 nitrogen and oxygen atoms in total. The van der Waals surface area contributed by atoms with Crippen molar-refractivity contribution < 1.29 is 14.3 Å². The molecule has 212 valence electrons. The maximum atomic E-state index is 13.9. The largest absolute Gasteiger partial charge is 0.489 e. The van der Waals surface area contributed by atoms with Gasteiger partial charge in [0, 0.05) is 20.5 Å². The van der Waals surface area contributed by atoms with Gasteiger partial charge in [0.25, 0.3) is 0 Å². The van der Waals surface area contributed by atoms with Gasteiger partial charge in [0.15, 0.2) is 0 Å². The van der Waals surface area contributed by atoms with Gasteiger partial charge in [-0.1, -0.05) is 69.2 Å². The van der Waals surface area contributed by atoms with Crippen LogP contribution in [0, 0.1) is 36.5 Å². The Balaban J connectivity index is 1.11. The zero-order valence-electron chi connectivity index (χ0n) is 22.7. The molecule has 42 heavy (non-hydrogen) atoms. The zero-order valence-corrected chi connectivity index (χ0v) is 25.9. The first-order valence-corrected chi connectivity index (χ1v) is 16.7. The molecule has 1 N–H and O–H groups in total. The van der Waals surface area contributed by atoms with Crippen LogP contribution in [-0.2, 0) is 16.2 Å². The molecule has 3 fully saturated rings. The normalized spacial score (nSPS) is 29.0. The van der Waals surface area contributed by atoms with Crippen LogP contribution in [0.3, 0.4) is 0 Å². The highest BCUT2D eigenvalue weighted by Gasteiger charge is 2.69. The molecule has 0 spiro atoms. The third kappa shape index (κ3) is 4.07. The number of carbonyl (C=O) groups excluding carboxylic acids is 2. The number of rotatable bonds is 5. The maximum absolute atomic E-state index is 13.9. The standard InChI is InChI=1S/C33H27BrN2O4S2/c1-16-2-4-17(5-3-16)15-40-21-12-6-18(7-13-21)24-25-22-14-23(28(25)41-30-29(24)42-33(39)35-30)27-26(22)31(37)36(32(27)38)20-10-8-19(34)9-11-20/h2-13,22-28H,14-15H2,1H3,(H,35,39)/t22-,23-,24?,25?,26?,27?,28?/m1/s1. The molecule has 8 rings (SSSR count). The number of fused-ring (bicyclic) bond motifs is 9. The second kappa shape index (κ2) is 9.96. The summed E-state index contributed by atoms with van der Waals surface area (Å²) in [6.45, 7) is 2.56. The van der Waals surface area contributed by atoms with E-state index >= 15 is 0 Å². The molecule has 2 aliphatic heterocycles. The summed E-state index contributed by atoms with van der Waals surface area (Å²) in [5, 5.41) is 1.08. The topological polar surface area (TPSA) is 79.5 Å². The number of thiazole rings is 1. The molecule has 2 aliphatic carbocycles. The summed E-state index contributed by atoms with van der Waals surface area (Å²) in [5.74, 6) is 0.367. The highest BCUT2D eigenvalue weighted by atomic mass is 79.9. The van der Waals surface area contributed by atoms with Crippen LogP contribution < -0.4 is 14.5 Å². The number of benzene rings is 3. The van der Waals surface area contributed by atoms with Gasteiger partial charge in [-0.15, -0.1) is 11.8 Å². The predicted octanol–water partition coefficient (Wildman–Crippen LogP) is 6.76. The fourth-order valence-corrected chi connectivity index (χ4v) is 11.0. The molecule has 4 aliphatic rings. The minimum Gasteiger partial charge on any atom is -0.489 e. The zero-order chi connectivity index (χ0) is 28.7. The molecule has 3 aromatic carbocycles. The number of aromatic amines is 1. The average molecular weight is 660 g/mol. The first-order chi connectivity index (χ1) is 20.4. The molecule has 2 amide bonds. The van der Waals surface area contributed by atoms with Crippen molar-refractivity contribution in [1.82, 2.24) is 4.98 Å². The number of hydrogen-bond donors (Lipinski definition) is 1. The third-order valence-corrected chi connectivity index (χ3v) is 12.7. The first kappa shape index (κ1) is 26.5. The van der Waals surface area contributed by atoms with E-state index in [2.05, 4.69) is 64.2 Å². The van der Waals surface area contributed by atoms with Crippen molar-refractivity contribution >= 4 is 56.5 Å². The van der Waals surface area contributed by atoms with E-state index in [-0.39, 0.29) is 57.4 Å². The number of thioether (sulfide) groups is 1. The van der Waals surface area contributed by atoms with Crippen molar-refractivity contribution in [2.75, 3.05) is 4.90 Å². The number of aryl methyl sites for hydroxylation is 1. The minimum atomic E-state index is -0.315. The van der Waals surface area contributed by atoms with Gasteiger partial charge < -0.3 is 9.72 Å². The molecule has 2 saturated carbocycles. The molecule has 3 heterocycles. The van der Waals surface area contributed by atoms with Gasteiger partial charge in [0.05, 0.1) is 22.5 Å². The number of ether oxygens (including phenoxy) is 1. The lowest BCUT2D eigenvalue weighted by atomic mass is 9.68. The van der Waals surface area contributed by atoms with E-state index in [1.54, 1.807) is 11.8 Å². The molecule has 7 atom stereocenters. The lowest BCUT2D eigenvalue weighted by Crippen LogP contribution is -2.42. The van der Waals surface area contributed by atoms with Crippen molar-refractivity contribution in [3.63, 3.8) is 0 Å². The van der Waals surface area contributed by atoms with Crippen LogP contribution >= 0.6 is 39.0 Å². The van der Waals surface area contributed by atoms with Crippen molar-refractivity contribution in [3.05, 3.63) is 109 Å². The van der Waals surface area contributed by atoms with Crippen LogP contribution in [0.5, 0.6) is 5.75 Å². The van der Waals surface area contributed by atoms with Crippen molar-refractivity contribution in [3.8, 4) is 5.75 Å². The summed E-state index contributed by atoms with van der Waals surface area (Å²) < 4.78 is 6.98. The van der Waals surface area contributed by atoms with E-state index in [0.717, 1.165) is 37.7 Å². The summed E-state index contributed by atoms with van der Waals surface area (Å²) in [5.41, 5.74) is 4.09. The number of aromatic nitrogens is 1. The smallest absolute Gasteiger partial charge is 0.305 e. The van der Waals surface area contributed by atoms with Crippen LogP contribution in [0.1, 0.15) is 33.9 Å². The molecule has 1 saturated heterocycles. The summed E-state index contributed by atoms with van der Waals surface area (Å²) in [6, 6.07) is 23.9. The highest BCUT2D eigenvalue weighted by molar-refractivity contribution is 9.10. The molecular formula is C33H27BrN2O4S2. The van der Waals surface area contributed by atoms with Gasteiger partial charge in [0.2, 0.25) is 11.8 Å². The van der Waals surface area contributed by atoms with E-state index in [0.29, 0.717) is 12.3 Å². The van der Waals surface area contributed by atoms with E-state index in [1.807, 2.05) is 36.4 Å². The minimum absolute atomic E-state index is 0.0121. The molecule has 0 radical (unpaired) electrons. The Hall–Kier alpha value is -3.14. The van der Waals surface area contributed by atoms with Crippen LogP contribution in [0.25, 0.3) is 0 Å². The lowest BCUT2D eigenvalue weighted by Gasteiger charge is -2.43. The Morgan fingerprint density at radius 2 is 1.60 bits per heavy atom. The summed E-state index contributed by atoms with van der Waals surface area (Å²) >= 11 is 6.44. The van der Waals surface area contributed by atoms with Gasteiger partial charge >= 0.3 is 4.87 Å². The average Bonchev–Trinajstić information content (AvgIpc) is 3.72. The van der Waals surface area contributed by atoms with E-state index in [4.69, 9.17) is 4.74 Å². The highest BCUT2D eigenvalue weighted by Crippen LogP contribution is 2.68. The number of anilines is 1.